The lowest BCUT2D eigenvalue weighted by Crippen LogP contribution is -1.92. The number of pyridine rings is 1. The monoisotopic (exact) mass is 181 g/mol. The van der Waals surface area contributed by atoms with Crippen LogP contribution in [0.1, 0.15) is 36.9 Å². The molecule has 0 spiro atoms. The van der Waals surface area contributed by atoms with E-state index in [0.29, 0.717) is 5.92 Å². The van der Waals surface area contributed by atoms with Gasteiger partial charge in [0.05, 0.1) is 10.7 Å². The van der Waals surface area contributed by atoms with Crippen molar-refractivity contribution in [3.8, 4) is 0 Å². The molecule has 1 nitrogen and oxygen atoms in total. The van der Waals surface area contributed by atoms with E-state index < -0.39 is 0 Å². The van der Waals surface area contributed by atoms with Crippen molar-refractivity contribution >= 4 is 11.6 Å². The molecule has 12 heavy (non-hydrogen) atoms. The molecule has 0 atom stereocenters. The highest BCUT2D eigenvalue weighted by atomic mass is 35.5. The van der Waals surface area contributed by atoms with E-state index in [1.165, 1.54) is 18.4 Å². The van der Waals surface area contributed by atoms with Gasteiger partial charge in [-0.3, -0.25) is 4.98 Å². The Hall–Kier alpha value is -0.560. The van der Waals surface area contributed by atoms with Crippen LogP contribution in [0, 0.1) is 0 Å². The summed E-state index contributed by atoms with van der Waals surface area (Å²) in [4.78, 5) is 4.32. The fourth-order valence-electron chi connectivity index (χ4n) is 1.42. The average molecular weight is 182 g/mol. The molecule has 1 aliphatic carbocycles. The molecule has 0 N–H and O–H groups in total. The molecule has 1 saturated carbocycles. The summed E-state index contributed by atoms with van der Waals surface area (Å²) in [6.07, 6.45) is 5.40. The summed E-state index contributed by atoms with van der Waals surface area (Å²) in [6.45, 7) is 2.12. The maximum absolute atomic E-state index is 6.18. The highest BCUT2D eigenvalue weighted by molar-refractivity contribution is 6.32. The summed E-state index contributed by atoms with van der Waals surface area (Å²) in [5.74, 6) is 0.656. The molecule has 0 aromatic carbocycles. The maximum Gasteiger partial charge on any atom is 0.0656 e. The zero-order chi connectivity index (χ0) is 8.55. The maximum atomic E-state index is 6.18. The minimum Gasteiger partial charge on any atom is -0.259 e. The molecule has 0 unspecified atom stereocenters. The van der Waals surface area contributed by atoms with Crippen LogP contribution in [0.25, 0.3) is 0 Å². The van der Waals surface area contributed by atoms with Crippen LogP contribution in [0.3, 0.4) is 0 Å². The topological polar surface area (TPSA) is 12.9 Å². The number of hydrogen-bond acceptors (Lipinski definition) is 1. The Morgan fingerprint density at radius 3 is 2.92 bits per heavy atom. The molecule has 1 aromatic heterocycles. The number of rotatable bonds is 2. The highest BCUT2D eigenvalue weighted by Crippen LogP contribution is 2.42. The summed E-state index contributed by atoms with van der Waals surface area (Å²) in [5, 5.41) is 0.905. The summed E-state index contributed by atoms with van der Waals surface area (Å²) in [5.41, 5.74) is 2.35. The van der Waals surface area contributed by atoms with Gasteiger partial charge >= 0.3 is 0 Å². The van der Waals surface area contributed by atoms with Crippen LogP contribution >= 0.6 is 11.6 Å². The normalized spacial score (nSPS) is 16.5. The van der Waals surface area contributed by atoms with Crippen molar-refractivity contribution in [2.75, 3.05) is 0 Å². The second-order valence-corrected chi connectivity index (χ2v) is 3.68. The van der Waals surface area contributed by atoms with Crippen LogP contribution in [0.4, 0.5) is 0 Å². The van der Waals surface area contributed by atoms with E-state index in [1.54, 1.807) is 0 Å². The van der Waals surface area contributed by atoms with Gasteiger partial charge in [0.1, 0.15) is 0 Å². The minimum absolute atomic E-state index is 0.656. The summed E-state index contributed by atoms with van der Waals surface area (Å²) in [7, 11) is 0. The van der Waals surface area contributed by atoms with Gasteiger partial charge in [-0.2, -0.15) is 0 Å². The Morgan fingerprint density at radius 1 is 1.58 bits per heavy atom. The molecule has 1 aromatic rings. The molecule has 1 aliphatic rings. The highest BCUT2D eigenvalue weighted by Gasteiger charge is 2.27. The van der Waals surface area contributed by atoms with Crippen LogP contribution in [0.15, 0.2) is 12.3 Å². The number of halogens is 1. The van der Waals surface area contributed by atoms with Crippen molar-refractivity contribution in [2.24, 2.45) is 0 Å². The van der Waals surface area contributed by atoms with Crippen molar-refractivity contribution in [2.45, 2.75) is 32.1 Å². The van der Waals surface area contributed by atoms with Crippen molar-refractivity contribution < 1.29 is 0 Å². The summed E-state index contributed by atoms with van der Waals surface area (Å²) in [6, 6.07) is 2.01. The van der Waals surface area contributed by atoms with Gasteiger partial charge in [0.2, 0.25) is 0 Å². The molecular formula is C10H12ClN. The third-order valence-electron chi connectivity index (χ3n) is 2.34. The van der Waals surface area contributed by atoms with E-state index in [-0.39, 0.29) is 0 Å². The SMILES string of the molecule is CCc1ccnc(C2CC2)c1Cl. The Kier molecular flexibility index (Phi) is 2.05. The van der Waals surface area contributed by atoms with Crippen LogP contribution < -0.4 is 0 Å². The van der Waals surface area contributed by atoms with Crippen LogP contribution in [0.5, 0.6) is 0 Å². The molecule has 2 rings (SSSR count). The summed E-state index contributed by atoms with van der Waals surface area (Å²) < 4.78 is 0. The molecule has 64 valence electrons. The minimum atomic E-state index is 0.656. The molecule has 0 aliphatic heterocycles. The molecule has 0 bridgehead atoms. The number of aromatic nitrogens is 1. The Morgan fingerprint density at radius 2 is 2.33 bits per heavy atom. The zero-order valence-electron chi connectivity index (χ0n) is 7.18. The predicted octanol–water partition coefficient (Wildman–Crippen LogP) is 3.17. The van der Waals surface area contributed by atoms with Crippen molar-refractivity contribution in [1.82, 2.24) is 4.98 Å². The molecule has 2 heteroatoms. The lowest BCUT2D eigenvalue weighted by molar-refractivity contribution is 0.996. The van der Waals surface area contributed by atoms with Crippen LogP contribution in [-0.4, -0.2) is 4.98 Å². The fourth-order valence-corrected chi connectivity index (χ4v) is 1.82. The molecule has 0 radical (unpaired) electrons. The van der Waals surface area contributed by atoms with E-state index >= 15 is 0 Å². The third-order valence-corrected chi connectivity index (χ3v) is 2.78. The van der Waals surface area contributed by atoms with E-state index in [0.717, 1.165) is 17.1 Å². The van der Waals surface area contributed by atoms with Crippen molar-refractivity contribution in [1.29, 1.82) is 0 Å². The first-order valence-electron chi connectivity index (χ1n) is 4.46. The van der Waals surface area contributed by atoms with E-state index in [4.69, 9.17) is 11.6 Å². The van der Waals surface area contributed by atoms with Gasteiger partial charge in [0.25, 0.3) is 0 Å². The number of nitrogens with zero attached hydrogens (tertiary/aromatic N) is 1. The Bertz CT molecular complexity index is 292. The first-order chi connectivity index (χ1) is 5.83. The first-order valence-corrected chi connectivity index (χ1v) is 4.84. The molecule has 0 saturated heterocycles. The van der Waals surface area contributed by atoms with Crippen molar-refractivity contribution in [3.63, 3.8) is 0 Å². The lowest BCUT2D eigenvalue weighted by atomic mass is 10.1. The van der Waals surface area contributed by atoms with E-state index in [1.807, 2.05) is 12.3 Å². The lowest BCUT2D eigenvalue weighted by Gasteiger charge is -2.04. The first kappa shape index (κ1) is 8.06. The quantitative estimate of drug-likeness (QED) is 0.683. The second-order valence-electron chi connectivity index (χ2n) is 3.30. The fraction of sp³-hybridized carbons (Fsp3) is 0.500. The van der Waals surface area contributed by atoms with E-state index in [2.05, 4.69) is 11.9 Å². The van der Waals surface area contributed by atoms with Crippen molar-refractivity contribution in [3.05, 3.63) is 28.5 Å². The van der Waals surface area contributed by atoms with Gasteiger partial charge in [0.15, 0.2) is 0 Å². The van der Waals surface area contributed by atoms with Gasteiger partial charge in [-0.15, -0.1) is 0 Å². The van der Waals surface area contributed by atoms with Gasteiger partial charge in [-0.05, 0) is 30.9 Å². The standard InChI is InChI=1S/C10H12ClN/c1-2-7-5-6-12-10(9(7)11)8-3-4-8/h5-6,8H,2-4H2,1H3. The third kappa shape index (κ3) is 1.34. The Balaban J connectivity index is 2.40. The molecule has 1 heterocycles. The predicted molar refractivity (Wildman–Crippen MR) is 50.6 cm³/mol. The van der Waals surface area contributed by atoms with E-state index in [9.17, 15) is 0 Å². The van der Waals surface area contributed by atoms with Crippen LogP contribution in [0.2, 0.25) is 5.02 Å². The van der Waals surface area contributed by atoms with Gasteiger partial charge in [0, 0.05) is 12.1 Å². The van der Waals surface area contributed by atoms with Gasteiger partial charge in [-0.1, -0.05) is 18.5 Å². The van der Waals surface area contributed by atoms with Gasteiger partial charge < -0.3 is 0 Å². The number of aryl methyl sites for hydroxylation is 1. The molecular weight excluding hydrogens is 170 g/mol. The zero-order valence-corrected chi connectivity index (χ0v) is 7.93. The average Bonchev–Trinajstić information content (AvgIpc) is 2.88. The van der Waals surface area contributed by atoms with Crippen LogP contribution in [-0.2, 0) is 6.42 Å². The smallest absolute Gasteiger partial charge is 0.0656 e. The largest absolute Gasteiger partial charge is 0.259 e. The molecule has 1 fully saturated rings. The summed E-state index contributed by atoms with van der Waals surface area (Å²) >= 11 is 6.18. The second kappa shape index (κ2) is 3.06. The number of hydrogen-bond donors (Lipinski definition) is 0. The molecule has 0 amide bonds. The Labute approximate surface area is 77.8 Å². The van der Waals surface area contributed by atoms with Gasteiger partial charge in [-0.25, -0.2) is 0 Å².